The first-order valence-electron chi connectivity index (χ1n) is 10.0. The van der Waals surface area contributed by atoms with E-state index in [1.807, 2.05) is 0 Å². The first-order valence-corrected chi connectivity index (χ1v) is 10.0. The minimum Gasteiger partial charge on any atom is -0.324 e. The third-order valence-corrected chi connectivity index (χ3v) is 5.57. The minimum absolute atomic E-state index is 0. The molecule has 2 aromatic carbocycles. The van der Waals surface area contributed by atoms with E-state index in [4.69, 9.17) is 4.99 Å². The van der Waals surface area contributed by atoms with E-state index in [2.05, 4.69) is 92.1 Å². The molecule has 156 valence electrons. The van der Waals surface area contributed by atoms with Gasteiger partial charge in [0.05, 0.1) is 12.2 Å². The van der Waals surface area contributed by atoms with Gasteiger partial charge in [-0.05, 0) is 50.5 Å². The maximum atomic E-state index is 4.77. The van der Waals surface area contributed by atoms with Gasteiger partial charge in [0.25, 0.3) is 0 Å². The van der Waals surface area contributed by atoms with Gasteiger partial charge in [0, 0.05) is 30.7 Å². The van der Waals surface area contributed by atoms with Gasteiger partial charge in [-0.3, -0.25) is 9.89 Å². The molecule has 0 N–H and O–H groups in total. The molecule has 2 aliphatic heterocycles. The molecule has 0 radical (unpaired) electrons. The molecule has 2 heterocycles. The largest absolute Gasteiger partial charge is 0.324 e. The summed E-state index contributed by atoms with van der Waals surface area (Å²) < 4.78 is 0. The fourth-order valence-electron chi connectivity index (χ4n) is 4.16. The molecule has 0 fully saturated rings. The predicted octanol–water partition coefficient (Wildman–Crippen LogP) is 5.72. The predicted molar refractivity (Wildman–Crippen MR) is 129 cm³/mol. The zero-order valence-electron chi connectivity index (χ0n) is 17.6. The van der Waals surface area contributed by atoms with Crippen LogP contribution in [0.1, 0.15) is 49.9 Å². The van der Waals surface area contributed by atoms with Crippen molar-refractivity contribution in [1.82, 2.24) is 9.80 Å². The Balaban J connectivity index is 0.00000150. The fourth-order valence-corrected chi connectivity index (χ4v) is 4.16. The lowest BCUT2D eigenvalue weighted by atomic mass is 9.97. The molecule has 4 rings (SSSR count). The molecule has 0 aromatic heterocycles. The van der Waals surface area contributed by atoms with Crippen molar-refractivity contribution in [3.8, 4) is 0 Å². The van der Waals surface area contributed by atoms with Crippen LogP contribution < -0.4 is 0 Å². The van der Waals surface area contributed by atoms with E-state index in [1.54, 1.807) is 0 Å². The molecule has 0 bridgehead atoms. The zero-order valence-corrected chi connectivity index (χ0v) is 19.3. The summed E-state index contributed by atoms with van der Waals surface area (Å²) in [5, 5.41) is 0. The van der Waals surface area contributed by atoms with Gasteiger partial charge in [-0.2, -0.15) is 0 Å². The molecule has 0 saturated carbocycles. The van der Waals surface area contributed by atoms with Crippen LogP contribution in [0.2, 0.25) is 0 Å². The summed E-state index contributed by atoms with van der Waals surface area (Å²) in [5.41, 5.74) is 6.41. The number of halogens is 2. The number of nitrogens with zero attached hydrogens (tertiary/aromatic N) is 3. The highest BCUT2D eigenvalue weighted by atomic mass is 35.5. The maximum absolute atomic E-state index is 4.77. The van der Waals surface area contributed by atoms with Crippen molar-refractivity contribution in [3.05, 3.63) is 70.8 Å². The van der Waals surface area contributed by atoms with E-state index < -0.39 is 0 Å². The van der Waals surface area contributed by atoms with Crippen LogP contribution in [0, 0.1) is 0 Å². The second kappa shape index (κ2) is 9.80. The molecule has 0 aliphatic carbocycles. The highest BCUT2D eigenvalue weighted by Gasteiger charge is 2.28. The smallest absolute Gasteiger partial charge is 0.136 e. The molecule has 0 amide bonds. The van der Waals surface area contributed by atoms with E-state index in [-0.39, 0.29) is 24.8 Å². The SMILES string of the molecule is CC(C)N(Cc1ccc(C2=Cc3ccccc3C3=NCCN23)cc1)C(C)C.Cl.Cl. The molecule has 29 heavy (non-hydrogen) atoms. The fraction of sp³-hybridized carbons (Fsp3) is 0.375. The highest BCUT2D eigenvalue weighted by molar-refractivity contribution is 6.12. The average Bonchev–Trinajstić information content (AvgIpc) is 3.15. The van der Waals surface area contributed by atoms with E-state index >= 15 is 0 Å². The molecule has 2 aliphatic rings. The van der Waals surface area contributed by atoms with Crippen molar-refractivity contribution in [2.24, 2.45) is 4.99 Å². The zero-order chi connectivity index (χ0) is 19.0. The maximum Gasteiger partial charge on any atom is 0.136 e. The Kier molecular flexibility index (Phi) is 7.93. The van der Waals surface area contributed by atoms with Gasteiger partial charge in [-0.25, -0.2) is 0 Å². The number of hydrogen-bond donors (Lipinski definition) is 0. The van der Waals surface area contributed by atoms with Crippen molar-refractivity contribution in [1.29, 1.82) is 0 Å². The normalized spacial score (nSPS) is 14.8. The van der Waals surface area contributed by atoms with Crippen LogP contribution in [0.15, 0.2) is 53.5 Å². The van der Waals surface area contributed by atoms with Crippen LogP contribution in [0.4, 0.5) is 0 Å². The third-order valence-electron chi connectivity index (χ3n) is 5.57. The summed E-state index contributed by atoms with van der Waals surface area (Å²) in [4.78, 5) is 9.66. The summed E-state index contributed by atoms with van der Waals surface area (Å²) in [7, 11) is 0. The van der Waals surface area contributed by atoms with Crippen molar-refractivity contribution < 1.29 is 0 Å². The number of hydrogen-bond acceptors (Lipinski definition) is 3. The van der Waals surface area contributed by atoms with Crippen LogP contribution in [-0.2, 0) is 6.54 Å². The number of benzene rings is 2. The molecular formula is C24H31Cl2N3. The third kappa shape index (κ3) is 4.69. The van der Waals surface area contributed by atoms with Crippen molar-refractivity contribution >= 4 is 42.4 Å². The molecule has 3 nitrogen and oxygen atoms in total. The van der Waals surface area contributed by atoms with E-state index in [0.29, 0.717) is 12.1 Å². The van der Waals surface area contributed by atoms with E-state index in [9.17, 15) is 0 Å². The second-order valence-electron chi connectivity index (χ2n) is 8.03. The standard InChI is InChI=1S/C24H29N3.2ClH/c1-17(2)27(18(3)4)16-19-9-11-20(12-10-19)23-15-21-7-5-6-8-22(21)24-25-13-14-26(23)24;;/h5-12,15,17-18H,13-14,16H2,1-4H3;2*1H. The van der Waals surface area contributed by atoms with Crippen LogP contribution in [0.25, 0.3) is 11.8 Å². The number of fused-ring (bicyclic) bond motifs is 3. The van der Waals surface area contributed by atoms with Crippen molar-refractivity contribution in [3.63, 3.8) is 0 Å². The summed E-state index contributed by atoms with van der Waals surface area (Å²) in [6.07, 6.45) is 2.31. The molecule has 0 spiro atoms. The Bertz CT molecular complexity index is 877. The number of amidine groups is 1. The summed E-state index contributed by atoms with van der Waals surface area (Å²) >= 11 is 0. The second-order valence-corrected chi connectivity index (χ2v) is 8.03. The van der Waals surface area contributed by atoms with Crippen LogP contribution >= 0.6 is 24.8 Å². The number of rotatable bonds is 5. The van der Waals surface area contributed by atoms with Crippen LogP contribution in [0.5, 0.6) is 0 Å². The van der Waals surface area contributed by atoms with Gasteiger partial charge in [0.2, 0.25) is 0 Å². The molecule has 0 saturated heterocycles. The summed E-state index contributed by atoms with van der Waals surface area (Å²) in [6, 6.07) is 18.8. The summed E-state index contributed by atoms with van der Waals surface area (Å²) in [6.45, 7) is 11.9. The molecule has 2 aromatic rings. The van der Waals surface area contributed by atoms with Crippen LogP contribution in [-0.4, -0.2) is 40.8 Å². The first-order chi connectivity index (χ1) is 13.0. The number of aliphatic imine (C=N–C) groups is 1. The van der Waals surface area contributed by atoms with Gasteiger partial charge < -0.3 is 4.90 Å². The van der Waals surface area contributed by atoms with Gasteiger partial charge in [0.15, 0.2) is 0 Å². The monoisotopic (exact) mass is 431 g/mol. The Morgan fingerprint density at radius 2 is 1.59 bits per heavy atom. The van der Waals surface area contributed by atoms with E-state index in [1.165, 1.54) is 28.0 Å². The van der Waals surface area contributed by atoms with Gasteiger partial charge in [0.1, 0.15) is 5.84 Å². The van der Waals surface area contributed by atoms with Gasteiger partial charge in [-0.15, -0.1) is 24.8 Å². The summed E-state index contributed by atoms with van der Waals surface area (Å²) in [5.74, 6) is 1.12. The quantitative estimate of drug-likeness (QED) is 0.602. The Morgan fingerprint density at radius 1 is 0.931 bits per heavy atom. The van der Waals surface area contributed by atoms with Gasteiger partial charge >= 0.3 is 0 Å². The highest BCUT2D eigenvalue weighted by Crippen LogP contribution is 2.33. The van der Waals surface area contributed by atoms with Crippen LogP contribution in [0.3, 0.4) is 0 Å². The average molecular weight is 432 g/mol. The molecule has 0 atom stereocenters. The van der Waals surface area contributed by atoms with Crippen molar-refractivity contribution in [2.75, 3.05) is 13.1 Å². The lowest BCUT2D eigenvalue weighted by Gasteiger charge is -2.31. The molecule has 0 unspecified atom stereocenters. The Labute approximate surface area is 187 Å². The Hall–Kier alpha value is -1.81. The Morgan fingerprint density at radius 3 is 2.24 bits per heavy atom. The van der Waals surface area contributed by atoms with Crippen molar-refractivity contribution in [2.45, 2.75) is 46.3 Å². The molecular weight excluding hydrogens is 401 g/mol. The lowest BCUT2D eigenvalue weighted by Crippen LogP contribution is -2.36. The molecule has 5 heteroatoms. The van der Waals surface area contributed by atoms with Gasteiger partial charge in [-0.1, -0.05) is 48.5 Å². The minimum atomic E-state index is 0. The van der Waals surface area contributed by atoms with E-state index in [0.717, 1.165) is 25.5 Å². The lowest BCUT2D eigenvalue weighted by molar-refractivity contribution is 0.166. The first kappa shape index (κ1) is 23.5. The topological polar surface area (TPSA) is 18.8 Å².